The summed E-state index contributed by atoms with van der Waals surface area (Å²) in [5.74, 6) is 0.556. The van der Waals surface area contributed by atoms with Crippen LogP contribution in [0.3, 0.4) is 0 Å². The Bertz CT molecular complexity index is 1020. The molecule has 0 saturated carbocycles. The van der Waals surface area contributed by atoms with E-state index in [9.17, 15) is 13.2 Å². The van der Waals surface area contributed by atoms with Crippen LogP contribution in [-0.2, 0) is 14.8 Å². The molecule has 0 atom stereocenters. The van der Waals surface area contributed by atoms with Crippen molar-refractivity contribution in [3.63, 3.8) is 0 Å². The lowest BCUT2D eigenvalue weighted by atomic mass is 10.2. The van der Waals surface area contributed by atoms with Crippen LogP contribution in [0.4, 0.5) is 0 Å². The second kappa shape index (κ2) is 8.80. The van der Waals surface area contributed by atoms with Gasteiger partial charge in [-0.15, -0.1) is 0 Å². The van der Waals surface area contributed by atoms with E-state index < -0.39 is 10.0 Å². The molecule has 7 heteroatoms. The van der Waals surface area contributed by atoms with E-state index in [-0.39, 0.29) is 19.0 Å². The third-order valence-electron chi connectivity index (χ3n) is 5.06. The minimum atomic E-state index is -3.57. The zero-order chi connectivity index (χ0) is 21.0. The van der Waals surface area contributed by atoms with Crippen molar-refractivity contribution < 1.29 is 17.9 Å². The second-order valence-electron chi connectivity index (χ2n) is 7.07. The van der Waals surface area contributed by atoms with Gasteiger partial charge >= 0.3 is 0 Å². The standard InChI is InChI=1S/C22H26N2O4S/c1-17-8-9-18(2)21(16-17)29(26,27)24-14-12-23(13-15-24)22(25)11-10-19-6-4-5-7-20(19)28-3/h4-11,16H,12-15H2,1-3H3/b11-10+. The maximum absolute atomic E-state index is 13.0. The lowest BCUT2D eigenvalue weighted by Gasteiger charge is -2.33. The van der Waals surface area contributed by atoms with Gasteiger partial charge in [-0.1, -0.05) is 30.3 Å². The van der Waals surface area contributed by atoms with Crippen molar-refractivity contribution in [3.05, 3.63) is 65.2 Å². The van der Waals surface area contributed by atoms with Crippen LogP contribution in [0.25, 0.3) is 6.08 Å². The molecule has 1 heterocycles. The summed E-state index contributed by atoms with van der Waals surface area (Å²) in [4.78, 5) is 14.5. The molecule has 3 rings (SSSR count). The third kappa shape index (κ3) is 4.68. The monoisotopic (exact) mass is 414 g/mol. The topological polar surface area (TPSA) is 66.9 Å². The molecule has 2 aromatic carbocycles. The molecular formula is C22H26N2O4S. The quantitative estimate of drug-likeness (QED) is 0.706. The zero-order valence-electron chi connectivity index (χ0n) is 17.0. The number of ether oxygens (including phenoxy) is 1. The van der Waals surface area contributed by atoms with Gasteiger partial charge in [-0.05, 0) is 43.2 Å². The van der Waals surface area contributed by atoms with Gasteiger partial charge in [-0.2, -0.15) is 4.31 Å². The number of benzene rings is 2. The van der Waals surface area contributed by atoms with Gasteiger partial charge in [-0.25, -0.2) is 8.42 Å². The van der Waals surface area contributed by atoms with Crippen LogP contribution in [0.15, 0.2) is 53.4 Å². The minimum Gasteiger partial charge on any atom is -0.496 e. The normalized spacial score (nSPS) is 15.6. The number of hydrogen-bond donors (Lipinski definition) is 0. The van der Waals surface area contributed by atoms with E-state index in [1.54, 1.807) is 31.1 Å². The van der Waals surface area contributed by atoms with Crippen molar-refractivity contribution in [2.75, 3.05) is 33.3 Å². The molecule has 1 aliphatic rings. The maximum Gasteiger partial charge on any atom is 0.246 e. The third-order valence-corrected chi connectivity index (χ3v) is 7.10. The molecule has 0 spiro atoms. The molecule has 0 aromatic heterocycles. The summed E-state index contributed by atoms with van der Waals surface area (Å²) in [5.41, 5.74) is 2.46. The molecule has 0 N–H and O–H groups in total. The Morgan fingerprint density at radius 2 is 1.72 bits per heavy atom. The maximum atomic E-state index is 13.0. The number of aryl methyl sites for hydroxylation is 2. The molecule has 0 bridgehead atoms. The number of carbonyl (C=O) groups excluding carboxylic acids is 1. The van der Waals surface area contributed by atoms with E-state index in [0.717, 1.165) is 16.7 Å². The summed E-state index contributed by atoms with van der Waals surface area (Å²) < 4.78 is 32.8. The highest BCUT2D eigenvalue weighted by Gasteiger charge is 2.30. The number of carbonyl (C=O) groups is 1. The predicted octanol–water partition coefficient (Wildman–Crippen LogP) is 2.86. The van der Waals surface area contributed by atoms with Crippen molar-refractivity contribution in [2.24, 2.45) is 0 Å². The number of amides is 1. The lowest BCUT2D eigenvalue weighted by molar-refractivity contribution is -0.127. The molecule has 1 saturated heterocycles. The highest BCUT2D eigenvalue weighted by molar-refractivity contribution is 7.89. The molecular weight excluding hydrogens is 388 g/mol. The molecule has 0 radical (unpaired) electrons. The van der Waals surface area contributed by atoms with Gasteiger partial charge in [0, 0.05) is 37.8 Å². The van der Waals surface area contributed by atoms with Crippen LogP contribution in [0.2, 0.25) is 0 Å². The van der Waals surface area contributed by atoms with E-state index in [0.29, 0.717) is 23.7 Å². The van der Waals surface area contributed by atoms with Crippen LogP contribution in [-0.4, -0.2) is 56.8 Å². The van der Waals surface area contributed by atoms with Crippen molar-refractivity contribution in [1.82, 2.24) is 9.21 Å². The fraction of sp³-hybridized carbons (Fsp3) is 0.318. The molecule has 0 aliphatic carbocycles. The largest absolute Gasteiger partial charge is 0.496 e. The first-order valence-electron chi connectivity index (χ1n) is 9.50. The molecule has 0 unspecified atom stereocenters. The fourth-order valence-corrected chi connectivity index (χ4v) is 5.08. The van der Waals surface area contributed by atoms with Crippen molar-refractivity contribution in [1.29, 1.82) is 0 Å². The van der Waals surface area contributed by atoms with E-state index in [1.165, 1.54) is 10.4 Å². The van der Waals surface area contributed by atoms with Crippen LogP contribution in [0, 0.1) is 13.8 Å². The average Bonchev–Trinajstić information content (AvgIpc) is 2.73. The van der Waals surface area contributed by atoms with Gasteiger partial charge in [0.1, 0.15) is 5.75 Å². The van der Waals surface area contributed by atoms with Crippen molar-refractivity contribution in [2.45, 2.75) is 18.7 Å². The number of nitrogens with zero attached hydrogens (tertiary/aromatic N) is 2. The van der Waals surface area contributed by atoms with Gasteiger partial charge < -0.3 is 9.64 Å². The molecule has 1 aliphatic heterocycles. The Morgan fingerprint density at radius 1 is 1.03 bits per heavy atom. The smallest absolute Gasteiger partial charge is 0.246 e. The molecule has 6 nitrogen and oxygen atoms in total. The Hall–Kier alpha value is -2.64. The second-order valence-corrected chi connectivity index (χ2v) is 8.98. The first-order chi connectivity index (χ1) is 13.8. The van der Waals surface area contributed by atoms with Gasteiger partial charge in [0.2, 0.25) is 15.9 Å². The number of hydrogen-bond acceptors (Lipinski definition) is 4. The van der Waals surface area contributed by atoms with E-state index in [4.69, 9.17) is 4.74 Å². The SMILES string of the molecule is COc1ccccc1/C=C/C(=O)N1CCN(S(=O)(=O)c2cc(C)ccc2C)CC1. The lowest BCUT2D eigenvalue weighted by Crippen LogP contribution is -2.50. The molecule has 1 fully saturated rings. The number of methoxy groups -OCH3 is 1. The van der Waals surface area contributed by atoms with Gasteiger partial charge in [0.05, 0.1) is 12.0 Å². The van der Waals surface area contributed by atoms with Gasteiger partial charge in [0.15, 0.2) is 0 Å². The first-order valence-corrected chi connectivity index (χ1v) is 10.9. The summed E-state index contributed by atoms with van der Waals surface area (Å²) in [7, 11) is -1.98. The molecule has 29 heavy (non-hydrogen) atoms. The highest BCUT2D eigenvalue weighted by Crippen LogP contribution is 2.23. The van der Waals surface area contributed by atoms with Crippen LogP contribution in [0.5, 0.6) is 5.75 Å². The Morgan fingerprint density at radius 3 is 2.41 bits per heavy atom. The summed E-state index contributed by atoms with van der Waals surface area (Å²) in [6.45, 7) is 4.96. The average molecular weight is 415 g/mol. The van der Waals surface area contributed by atoms with Gasteiger partial charge in [-0.3, -0.25) is 4.79 Å². The number of piperazine rings is 1. The Kier molecular flexibility index (Phi) is 6.39. The fourth-order valence-electron chi connectivity index (χ4n) is 3.34. The van der Waals surface area contributed by atoms with E-state index >= 15 is 0 Å². The minimum absolute atomic E-state index is 0.139. The van der Waals surface area contributed by atoms with Crippen molar-refractivity contribution in [3.8, 4) is 5.75 Å². The van der Waals surface area contributed by atoms with Crippen LogP contribution < -0.4 is 4.74 Å². The summed E-state index contributed by atoms with van der Waals surface area (Å²) in [6.07, 6.45) is 3.23. The molecule has 154 valence electrons. The summed E-state index contributed by atoms with van der Waals surface area (Å²) >= 11 is 0. The number of sulfonamides is 1. The van der Waals surface area contributed by atoms with E-state index in [2.05, 4.69) is 0 Å². The number of rotatable bonds is 5. The predicted molar refractivity (Wildman–Crippen MR) is 113 cm³/mol. The van der Waals surface area contributed by atoms with Crippen LogP contribution >= 0.6 is 0 Å². The first kappa shape index (κ1) is 21.1. The van der Waals surface area contributed by atoms with Gasteiger partial charge in [0.25, 0.3) is 0 Å². The highest BCUT2D eigenvalue weighted by atomic mass is 32.2. The number of para-hydroxylation sites is 1. The Labute approximate surface area is 172 Å². The zero-order valence-corrected chi connectivity index (χ0v) is 17.8. The van der Waals surface area contributed by atoms with Crippen LogP contribution in [0.1, 0.15) is 16.7 Å². The van der Waals surface area contributed by atoms with Crippen molar-refractivity contribution >= 4 is 22.0 Å². The Balaban J connectivity index is 1.66. The van der Waals surface area contributed by atoms with E-state index in [1.807, 2.05) is 43.3 Å². The molecule has 2 aromatic rings. The summed E-state index contributed by atoms with van der Waals surface area (Å²) in [6, 6.07) is 12.9. The molecule has 1 amide bonds. The summed E-state index contributed by atoms with van der Waals surface area (Å²) in [5, 5.41) is 0.